The maximum Gasteiger partial charge on any atom is 0.268 e. The van der Waals surface area contributed by atoms with E-state index in [4.69, 9.17) is 0 Å². The van der Waals surface area contributed by atoms with Crippen LogP contribution in [0.1, 0.15) is 62.0 Å². The Labute approximate surface area is 190 Å². The predicted octanol–water partition coefficient (Wildman–Crippen LogP) is 5.32. The molecule has 1 aliphatic rings. The van der Waals surface area contributed by atoms with E-state index in [1.807, 2.05) is 54.0 Å². The molecule has 0 spiro atoms. The van der Waals surface area contributed by atoms with Crippen LogP contribution in [0.3, 0.4) is 0 Å². The van der Waals surface area contributed by atoms with Gasteiger partial charge in [0.2, 0.25) is 5.91 Å². The number of carbonyl (C=O) groups is 2. The van der Waals surface area contributed by atoms with Crippen LogP contribution < -0.4 is 10.2 Å². The third kappa shape index (κ3) is 4.72. The summed E-state index contributed by atoms with van der Waals surface area (Å²) in [5, 5.41) is 4.19. The van der Waals surface area contributed by atoms with Crippen LogP contribution in [0.4, 0.5) is 5.69 Å². The summed E-state index contributed by atoms with van der Waals surface area (Å²) in [6, 6.07) is 18.2. The third-order valence-corrected chi connectivity index (χ3v) is 6.52. The molecule has 0 bridgehead atoms. The Bertz CT molecular complexity index is 1100. The molecule has 32 heavy (non-hydrogen) atoms. The minimum absolute atomic E-state index is 0.0196. The van der Waals surface area contributed by atoms with Crippen molar-refractivity contribution in [1.29, 1.82) is 0 Å². The molecule has 0 unspecified atom stereocenters. The molecular weight excluding hydrogens is 398 g/mol. The van der Waals surface area contributed by atoms with Crippen LogP contribution in [0.5, 0.6) is 0 Å². The molecule has 1 aliphatic carbocycles. The van der Waals surface area contributed by atoms with Gasteiger partial charge in [-0.2, -0.15) is 0 Å². The van der Waals surface area contributed by atoms with Gasteiger partial charge in [-0.3, -0.25) is 9.59 Å². The first-order valence-electron chi connectivity index (χ1n) is 11.9. The minimum atomic E-state index is -0.0862. The Balaban J connectivity index is 1.62. The minimum Gasteiger partial charge on any atom is -0.348 e. The predicted molar refractivity (Wildman–Crippen MR) is 130 cm³/mol. The first-order chi connectivity index (χ1) is 15.6. The zero-order valence-electron chi connectivity index (χ0n) is 19.1. The lowest BCUT2D eigenvalue weighted by molar-refractivity contribution is -0.119. The molecule has 1 saturated carbocycles. The zero-order chi connectivity index (χ0) is 22.5. The Morgan fingerprint density at radius 2 is 1.78 bits per heavy atom. The van der Waals surface area contributed by atoms with Crippen molar-refractivity contribution in [2.45, 2.75) is 65.0 Å². The van der Waals surface area contributed by atoms with Gasteiger partial charge in [-0.05, 0) is 56.0 Å². The number of aryl methyl sites for hydroxylation is 1. The van der Waals surface area contributed by atoms with E-state index >= 15 is 0 Å². The molecule has 2 aromatic carbocycles. The summed E-state index contributed by atoms with van der Waals surface area (Å²) in [7, 11) is 0. The number of nitrogens with zero attached hydrogens (tertiary/aromatic N) is 2. The van der Waals surface area contributed by atoms with Crippen LogP contribution in [0.15, 0.2) is 54.6 Å². The second kappa shape index (κ2) is 10.0. The van der Waals surface area contributed by atoms with Gasteiger partial charge in [-0.15, -0.1) is 0 Å². The molecule has 0 saturated heterocycles. The summed E-state index contributed by atoms with van der Waals surface area (Å²) < 4.78 is 1.88. The average Bonchev–Trinajstić information content (AvgIpc) is 3.19. The number of hydrogen-bond acceptors (Lipinski definition) is 2. The van der Waals surface area contributed by atoms with Crippen LogP contribution in [0.25, 0.3) is 10.9 Å². The summed E-state index contributed by atoms with van der Waals surface area (Å²) >= 11 is 0. The number of carbonyl (C=O) groups excluding carboxylic acids is 2. The van der Waals surface area contributed by atoms with Gasteiger partial charge in [-0.25, -0.2) is 0 Å². The van der Waals surface area contributed by atoms with Gasteiger partial charge in [0.1, 0.15) is 12.2 Å². The molecule has 0 atom stereocenters. The van der Waals surface area contributed by atoms with Crippen LogP contribution >= 0.6 is 0 Å². The Hall–Kier alpha value is -3.08. The van der Waals surface area contributed by atoms with Gasteiger partial charge in [0.05, 0.1) is 0 Å². The first-order valence-corrected chi connectivity index (χ1v) is 11.9. The van der Waals surface area contributed by atoms with Gasteiger partial charge in [0.25, 0.3) is 5.91 Å². The molecule has 1 fully saturated rings. The number of para-hydroxylation sites is 1. The van der Waals surface area contributed by atoms with E-state index in [9.17, 15) is 9.59 Å². The van der Waals surface area contributed by atoms with E-state index in [0.29, 0.717) is 12.2 Å². The van der Waals surface area contributed by atoms with E-state index < -0.39 is 0 Å². The highest BCUT2D eigenvalue weighted by molar-refractivity contribution is 6.01. The molecule has 3 aromatic rings. The number of amides is 2. The van der Waals surface area contributed by atoms with Crippen molar-refractivity contribution in [3.63, 3.8) is 0 Å². The topological polar surface area (TPSA) is 54.3 Å². The fourth-order valence-corrected chi connectivity index (χ4v) is 4.74. The van der Waals surface area contributed by atoms with Crippen LogP contribution in [0.2, 0.25) is 0 Å². The Morgan fingerprint density at radius 1 is 1.00 bits per heavy atom. The van der Waals surface area contributed by atoms with Gasteiger partial charge >= 0.3 is 0 Å². The summed E-state index contributed by atoms with van der Waals surface area (Å²) in [6.07, 6.45) is 6.55. The van der Waals surface area contributed by atoms with Gasteiger partial charge < -0.3 is 14.8 Å². The van der Waals surface area contributed by atoms with Crippen molar-refractivity contribution in [3.8, 4) is 0 Å². The van der Waals surface area contributed by atoms with E-state index in [0.717, 1.165) is 48.7 Å². The van der Waals surface area contributed by atoms with Gasteiger partial charge in [0.15, 0.2) is 0 Å². The number of hydrogen-bond donors (Lipinski definition) is 1. The molecular formula is C27H33N3O2. The summed E-state index contributed by atoms with van der Waals surface area (Å²) in [5.74, 6) is -0.106. The molecule has 1 heterocycles. The van der Waals surface area contributed by atoms with Crippen molar-refractivity contribution < 1.29 is 9.59 Å². The van der Waals surface area contributed by atoms with Gasteiger partial charge in [-0.1, -0.05) is 56.5 Å². The molecule has 1 N–H and O–H groups in total. The molecule has 168 valence electrons. The highest BCUT2D eigenvalue weighted by Crippen LogP contribution is 2.23. The largest absolute Gasteiger partial charge is 0.348 e. The smallest absolute Gasteiger partial charge is 0.268 e. The van der Waals surface area contributed by atoms with Crippen molar-refractivity contribution in [3.05, 3.63) is 65.9 Å². The molecule has 0 radical (unpaired) electrons. The number of rotatable bonds is 7. The monoisotopic (exact) mass is 431 g/mol. The highest BCUT2D eigenvalue weighted by Gasteiger charge is 2.23. The Morgan fingerprint density at radius 3 is 2.53 bits per heavy atom. The maximum atomic E-state index is 13.4. The van der Waals surface area contributed by atoms with E-state index in [1.165, 1.54) is 12.0 Å². The molecule has 5 nitrogen and oxygen atoms in total. The number of nitrogens with one attached hydrogen (secondary N) is 1. The fraction of sp³-hybridized carbons (Fsp3) is 0.407. The highest BCUT2D eigenvalue weighted by atomic mass is 16.2. The van der Waals surface area contributed by atoms with Crippen LogP contribution in [-0.4, -0.2) is 29.0 Å². The normalized spacial score (nSPS) is 14.4. The van der Waals surface area contributed by atoms with Crippen LogP contribution in [0, 0.1) is 0 Å². The SMILES string of the molecule is CCc1cccc(N(CC)C(=O)Cn2c(C(=O)NC3CCCCC3)cc3ccccc32)c1. The molecule has 0 aliphatic heterocycles. The standard InChI is InChI=1S/C27H33N3O2/c1-3-20-11-10-15-23(17-20)29(4-2)26(31)19-30-24-16-9-8-12-21(24)18-25(30)27(32)28-22-13-6-5-7-14-22/h8-12,15-18,22H,3-7,13-14,19H2,1-2H3,(H,28,32). The molecule has 2 amide bonds. The first kappa shape index (κ1) is 22.1. The second-order valence-electron chi connectivity index (χ2n) is 8.64. The van der Waals surface area contributed by atoms with Crippen LogP contribution in [-0.2, 0) is 17.8 Å². The van der Waals surface area contributed by atoms with Crippen molar-refractivity contribution in [2.75, 3.05) is 11.4 Å². The number of anilines is 1. The average molecular weight is 432 g/mol. The lowest BCUT2D eigenvalue weighted by Crippen LogP contribution is -2.38. The van der Waals surface area contributed by atoms with E-state index in [2.05, 4.69) is 24.4 Å². The van der Waals surface area contributed by atoms with Crippen molar-refractivity contribution in [1.82, 2.24) is 9.88 Å². The van der Waals surface area contributed by atoms with Gasteiger partial charge in [0, 0.05) is 29.2 Å². The fourth-order valence-electron chi connectivity index (χ4n) is 4.74. The van der Waals surface area contributed by atoms with Crippen molar-refractivity contribution >= 4 is 28.4 Å². The summed E-state index contributed by atoms with van der Waals surface area (Å²) in [6.45, 7) is 4.81. The molecule has 5 heteroatoms. The quantitative estimate of drug-likeness (QED) is 0.550. The number of fused-ring (bicyclic) bond motifs is 1. The maximum absolute atomic E-state index is 13.4. The zero-order valence-corrected chi connectivity index (χ0v) is 19.1. The summed E-state index contributed by atoms with van der Waals surface area (Å²) in [5.41, 5.74) is 3.57. The third-order valence-electron chi connectivity index (χ3n) is 6.52. The number of benzene rings is 2. The lowest BCUT2D eigenvalue weighted by atomic mass is 9.95. The molecule has 4 rings (SSSR count). The lowest BCUT2D eigenvalue weighted by Gasteiger charge is -2.24. The molecule has 1 aromatic heterocycles. The van der Waals surface area contributed by atoms with Crippen molar-refractivity contribution in [2.24, 2.45) is 0 Å². The number of aromatic nitrogens is 1. The summed E-state index contributed by atoms with van der Waals surface area (Å²) in [4.78, 5) is 28.4. The Kier molecular flexibility index (Phi) is 6.93. The second-order valence-corrected chi connectivity index (χ2v) is 8.64. The van der Waals surface area contributed by atoms with E-state index in [-0.39, 0.29) is 24.4 Å². The van der Waals surface area contributed by atoms with E-state index in [1.54, 1.807) is 4.90 Å². The number of likely N-dealkylation sites (N-methyl/N-ethyl adjacent to an activating group) is 1.